The van der Waals surface area contributed by atoms with Crippen LogP contribution in [0, 0.1) is 0 Å². The third-order valence-electron chi connectivity index (χ3n) is 4.76. The van der Waals surface area contributed by atoms with E-state index in [1.54, 1.807) is 0 Å². The van der Waals surface area contributed by atoms with E-state index in [9.17, 15) is 0 Å². The molecule has 0 radical (unpaired) electrons. The SMILES string of the molecule is CCNC(=NCC(C)N(C)C1CC1)NCCCOCC1CCCO1. The van der Waals surface area contributed by atoms with Crippen LogP contribution >= 0.6 is 0 Å². The van der Waals surface area contributed by atoms with Gasteiger partial charge in [-0.05, 0) is 53.0 Å². The molecule has 24 heavy (non-hydrogen) atoms. The molecule has 2 fully saturated rings. The first-order valence-electron chi connectivity index (χ1n) is 9.64. The first-order valence-corrected chi connectivity index (χ1v) is 9.64. The fourth-order valence-electron chi connectivity index (χ4n) is 2.91. The Labute approximate surface area is 147 Å². The van der Waals surface area contributed by atoms with E-state index < -0.39 is 0 Å². The van der Waals surface area contributed by atoms with Crippen LogP contribution in [-0.4, -0.2) is 75.5 Å². The van der Waals surface area contributed by atoms with Crippen LogP contribution in [0.3, 0.4) is 0 Å². The van der Waals surface area contributed by atoms with Crippen LogP contribution in [0.4, 0.5) is 0 Å². The van der Waals surface area contributed by atoms with Crippen molar-refractivity contribution >= 4 is 5.96 Å². The molecule has 2 unspecified atom stereocenters. The molecule has 0 aromatic carbocycles. The highest BCUT2D eigenvalue weighted by molar-refractivity contribution is 5.79. The summed E-state index contributed by atoms with van der Waals surface area (Å²) in [5, 5.41) is 6.71. The molecule has 2 N–H and O–H groups in total. The lowest BCUT2D eigenvalue weighted by atomic mass is 10.2. The van der Waals surface area contributed by atoms with Crippen molar-refractivity contribution in [2.45, 2.75) is 64.1 Å². The second-order valence-corrected chi connectivity index (χ2v) is 6.96. The number of likely N-dealkylation sites (N-methyl/N-ethyl adjacent to an activating group) is 1. The van der Waals surface area contributed by atoms with Crippen molar-refractivity contribution in [3.8, 4) is 0 Å². The van der Waals surface area contributed by atoms with E-state index in [0.29, 0.717) is 12.1 Å². The quantitative estimate of drug-likeness (QED) is 0.340. The molecule has 0 bridgehead atoms. The molecule has 0 aromatic rings. The van der Waals surface area contributed by atoms with Crippen LogP contribution in [0.25, 0.3) is 0 Å². The summed E-state index contributed by atoms with van der Waals surface area (Å²) in [6.45, 7) is 9.35. The van der Waals surface area contributed by atoms with Gasteiger partial charge in [0, 0.05) is 38.4 Å². The number of hydrogen-bond donors (Lipinski definition) is 2. The van der Waals surface area contributed by atoms with Gasteiger partial charge in [0.25, 0.3) is 0 Å². The Hall–Kier alpha value is -0.850. The number of ether oxygens (including phenoxy) is 2. The van der Waals surface area contributed by atoms with E-state index in [1.165, 1.54) is 19.3 Å². The lowest BCUT2D eigenvalue weighted by molar-refractivity contribution is 0.0168. The number of rotatable bonds is 11. The van der Waals surface area contributed by atoms with Crippen LogP contribution in [0.15, 0.2) is 4.99 Å². The summed E-state index contributed by atoms with van der Waals surface area (Å²) in [6, 6.07) is 1.27. The van der Waals surface area contributed by atoms with Crippen molar-refractivity contribution in [3.05, 3.63) is 0 Å². The zero-order valence-electron chi connectivity index (χ0n) is 15.7. The second kappa shape index (κ2) is 10.9. The summed E-state index contributed by atoms with van der Waals surface area (Å²) in [5.74, 6) is 0.910. The Morgan fingerprint density at radius 1 is 1.33 bits per heavy atom. The molecule has 0 aromatic heterocycles. The van der Waals surface area contributed by atoms with E-state index >= 15 is 0 Å². The van der Waals surface area contributed by atoms with Crippen molar-refractivity contribution in [3.63, 3.8) is 0 Å². The van der Waals surface area contributed by atoms with Crippen LogP contribution in [-0.2, 0) is 9.47 Å². The Morgan fingerprint density at radius 2 is 2.17 bits per heavy atom. The lowest BCUT2D eigenvalue weighted by Gasteiger charge is -2.23. The Kier molecular flexibility index (Phi) is 8.84. The van der Waals surface area contributed by atoms with Crippen molar-refractivity contribution in [1.82, 2.24) is 15.5 Å². The van der Waals surface area contributed by atoms with Gasteiger partial charge < -0.3 is 20.1 Å². The third-order valence-corrected chi connectivity index (χ3v) is 4.76. The number of nitrogens with one attached hydrogen (secondary N) is 2. The van der Waals surface area contributed by atoms with E-state index in [0.717, 1.165) is 64.3 Å². The van der Waals surface area contributed by atoms with E-state index in [1.807, 2.05) is 0 Å². The molecule has 1 aliphatic heterocycles. The van der Waals surface area contributed by atoms with E-state index in [2.05, 4.69) is 36.4 Å². The van der Waals surface area contributed by atoms with Crippen molar-refractivity contribution in [1.29, 1.82) is 0 Å². The van der Waals surface area contributed by atoms with Gasteiger partial charge in [-0.1, -0.05) is 0 Å². The standard InChI is InChI=1S/C18H36N4O2/c1-4-19-18(21-13-15(2)22(3)16-8-9-16)20-10-6-11-23-14-17-7-5-12-24-17/h15-17H,4-14H2,1-3H3,(H2,19,20,21). The highest BCUT2D eigenvalue weighted by Gasteiger charge is 2.28. The van der Waals surface area contributed by atoms with Crippen molar-refractivity contribution < 1.29 is 9.47 Å². The Bertz CT molecular complexity index is 368. The van der Waals surface area contributed by atoms with Crippen LogP contribution in [0.5, 0.6) is 0 Å². The molecule has 6 nitrogen and oxygen atoms in total. The van der Waals surface area contributed by atoms with Gasteiger partial charge in [0.2, 0.25) is 0 Å². The van der Waals surface area contributed by atoms with E-state index in [4.69, 9.17) is 14.5 Å². The molecular formula is C18H36N4O2. The highest BCUT2D eigenvalue weighted by atomic mass is 16.5. The average molecular weight is 341 g/mol. The normalized spacial score (nSPS) is 22.8. The first kappa shape index (κ1) is 19.5. The maximum atomic E-state index is 5.69. The molecule has 1 saturated heterocycles. The number of aliphatic imine (C=N–C) groups is 1. The summed E-state index contributed by atoms with van der Waals surface area (Å²) in [4.78, 5) is 7.17. The molecule has 0 spiro atoms. The summed E-state index contributed by atoms with van der Waals surface area (Å²) >= 11 is 0. The van der Waals surface area contributed by atoms with Gasteiger partial charge in [-0.2, -0.15) is 0 Å². The van der Waals surface area contributed by atoms with Crippen LogP contribution in [0.1, 0.15) is 46.0 Å². The molecule has 2 aliphatic rings. The predicted octanol–water partition coefficient (Wildman–Crippen LogP) is 1.61. The average Bonchev–Trinajstić information content (AvgIpc) is 3.31. The maximum Gasteiger partial charge on any atom is 0.191 e. The minimum Gasteiger partial charge on any atom is -0.379 e. The molecular weight excluding hydrogens is 304 g/mol. The van der Waals surface area contributed by atoms with Crippen LogP contribution < -0.4 is 10.6 Å². The Morgan fingerprint density at radius 3 is 2.83 bits per heavy atom. The van der Waals surface area contributed by atoms with Crippen molar-refractivity contribution in [2.75, 3.05) is 46.5 Å². The fourth-order valence-corrected chi connectivity index (χ4v) is 2.91. The molecule has 0 amide bonds. The lowest BCUT2D eigenvalue weighted by Crippen LogP contribution is -2.40. The molecule has 2 rings (SSSR count). The molecule has 6 heteroatoms. The Balaban J connectivity index is 1.56. The number of guanidine groups is 1. The second-order valence-electron chi connectivity index (χ2n) is 6.96. The maximum absolute atomic E-state index is 5.69. The van der Waals surface area contributed by atoms with Gasteiger partial charge in [-0.25, -0.2) is 0 Å². The summed E-state index contributed by atoms with van der Waals surface area (Å²) in [7, 11) is 2.21. The molecule has 1 aliphatic carbocycles. The number of nitrogens with zero attached hydrogens (tertiary/aromatic N) is 2. The smallest absolute Gasteiger partial charge is 0.191 e. The van der Waals surface area contributed by atoms with Crippen LogP contribution in [0.2, 0.25) is 0 Å². The molecule has 2 atom stereocenters. The number of hydrogen-bond acceptors (Lipinski definition) is 4. The van der Waals surface area contributed by atoms with Gasteiger partial charge in [-0.15, -0.1) is 0 Å². The minimum absolute atomic E-state index is 0.321. The molecule has 140 valence electrons. The topological polar surface area (TPSA) is 58.1 Å². The van der Waals surface area contributed by atoms with Gasteiger partial charge >= 0.3 is 0 Å². The first-order chi connectivity index (χ1) is 11.7. The van der Waals surface area contributed by atoms with Gasteiger partial charge in [0.15, 0.2) is 5.96 Å². The fraction of sp³-hybridized carbons (Fsp3) is 0.944. The zero-order chi connectivity index (χ0) is 17.2. The molecule has 1 heterocycles. The monoisotopic (exact) mass is 340 g/mol. The predicted molar refractivity (Wildman–Crippen MR) is 98.6 cm³/mol. The molecule has 1 saturated carbocycles. The summed E-state index contributed by atoms with van der Waals surface area (Å²) < 4.78 is 11.2. The highest BCUT2D eigenvalue weighted by Crippen LogP contribution is 2.26. The minimum atomic E-state index is 0.321. The van der Waals surface area contributed by atoms with E-state index in [-0.39, 0.29) is 0 Å². The van der Waals surface area contributed by atoms with Crippen molar-refractivity contribution in [2.24, 2.45) is 4.99 Å². The summed E-state index contributed by atoms with van der Waals surface area (Å²) in [6.07, 6.45) is 6.30. The van der Waals surface area contributed by atoms with Gasteiger partial charge in [0.1, 0.15) is 0 Å². The largest absolute Gasteiger partial charge is 0.379 e. The van der Waals surface area contributed by atoms with Gasteiger partial charge in [0.05, 0.1) is 19.3 Å². The third kappa shape index (κ3) is 7.36. The summed E-state index contributed by atoms with van der Waals surface area (Å²) in [5.41, 5.74) is 0. The van der Waals surface area contributed by atoms with Gasteiger partial charge in [-0.3, -0.25) is 9.89 Å². The zero-order valence-corrected chi connectivity index (χ0v) is 15.7.